The Balaban J connectivity index is 2.48. The molecule has 1 N–H and O–H groups in total. The number of aryl methyl sites for hydroxylation is 1. The quantitative estimate of drug-likeness (QED) is 0.772. The van der Waals surface area contributed by atoms with Crippen LogP contribution >= 0.6 is 0 Å². The molecule has 92 valence electrons. The minimum atomic E-state index is -0.297. The zero-order valence-electron chi connectivity index (χ0n) is 10.6. The lowest BCUT2D eigenvalue weighted by molar-refractivity contribution is 0.141. The first kappa shape index (κ1) is 13.2. The van der Waals surface area contributed by atoms with Crippen molar-refractivity contribution in [2.75, 3.05) is 0 Å². The molecule has 1 aromatic rings. The third-order valence-corrected chi connectivity index (χ3v) is 2.92. The van der Waals surface area contributed by atoms with Crippen LogP contribution in [0.25, 0.3) is 0 Å². The van der Waals surface area contributed by atoms with E-state index in [0.29, 0.717) is 12.3 Å². The maximum Gasteiger partial charge on any atom is 0.138 e. The van der Waals surface area contributed by atoms with Crippen molar-refractivity contribution in [1.82, 2.24) is 14.8 Å². The number of hydrogen-bond donors (Lipinski definition) is 1. The average molecular weight is 225 g/mol. The Kier molecular flexibility index (Phi) is 5.46. The van der Waals surface area contributed by atoms with Crippen LogP contribution in [0.15, 0.2) is 6.33 Å². The summed E-state index contributed by atoms with van der Waals surface area (Å²) in [5.74, 6) is 1.47. The number of aromatic nitrogens is 3. The van der Waals surface area contributed by atoms with Crippen LogP contribution in [0.5, 0.6) is 0 Å². The third kappa shape index (κ3) is 3.93. The van der Waals surface area contributed by atoms with E-state index in [9.17, 15) is 5.11 Å². The molecule has 1 rings (SSSR count). The van der Waals surface area contributed by atoms with Crippen LogP contribution in [0.2, 0.25) is 0 Å². The fraction of sp³-hybridized carbons (Fsp3) is 0.833. The molecule has 0 saturated heterocycles. The number of aliphatic hydroxyl groups excluding tert-OH is 1. The van der Waals surface area contributed by atoms with Gasteiger partial charge in [-0.05, 0) is 18.8 Å². The first-order valence-electron chi connectivity index (χ1n) is 6.22. The molecule has 0 radical (unpaired) electrons. The molecular formula is C12H23N3O. The first-order chi connectivity index (χ1) is 7.67. The molecule has 0 fully saturated rings. The highest BCUT2D eigenvalue weighted by molar-refractivity contribution is 4.87. The van der Waals surface area contributed by atoms with Crippen LogP contribution in [-0.4, -0.2) is 26.0 Å². The fourth-order valence-electron chi connectivity index (χ4n) is 1.77. The van der Waals surface area contributed by atoms with Crippen LogP contribution in [0, 0.1) is 5.92 Å². The maximum atomic E-state index is 9.93. The highest BCUT2D eigenvalue weighted by atomic mass is 16.3. The van der Waals surface area contributed by atoms with E-state index in [1.54, 1.807) is 6.33 Å². The third-order valence-electron chi connectivity index (χ3n) is 2.92. The van der Waals surface area contributed by atoms with Crippen molar-refractivity contribution in [3.8, 4) is 0 Å². The molecular weight excluding hydrogens is 202 g/mol. The van der Waals surface area contributed by atoms with Gasteiger partial charge in [0.05, 0.1) is 6.10 Å². The lowest BCUT2D eigenvalue weighted by Crippen LogP contribution is -2.18. The van der Waals surface area contributed by atoms with Gasteiger partial charge in [-0.1, -0.05) is 27.2 Å². The maximum absolute atomic E-state index is 9.93. The fourth-order valence-corrected chi connectivity index (χ4v) is 1.77. The van der Waals surface area contributed by atoms with Crippen molar-refractivity contribution in [1.29, 1.82) is 0 Å². The van der Waals surface area contributed by atoms with Crippen molar-refractivity contribution in [2.45, 2.75) is 59.1 Å². The highest BCUT2D eigenvalue weighted by Gasteiger charge is 2.13. The summed E-state index contributed by atoms with van der Waals surface area (Å²) in [6.07, 6.45) is 4.88. The molecule has 0 aliphatic carbocycles. The summed E-state index contributed by atoms with van der Waals surface area (Å²) >= 11 is 0. The molecule has 2 unspecified atom stereocenters. The SMILES string of the molecule is CCCn1ncnc1CC(O)CC(C)CC. The van der Waals surface area contributed by atoms with Gasteiger partial charge < -0.3 is 5.11 Å². The monoisotopic (exact) mass is 225 g/mol. The summed E-state index contributed by atoms with van der Waals surface area (Å²) in [5, 5.41) is 14.1. The molecule has 0 aliphatic heterocycles. The molecule has 0 bridgehead atoms. The molecule has 0 aliphatic rings. The summed E-state index contributed by atoms with van der Waals surface area (Å²) in [4.78, 5) is 4.20. The molecule has 2 atom stereocenters. The van der Waals surface area contributed by atoms with Crippen LogP contribution in [0.1, 0.15) is 45.9 Å². The van der Waals surface area contributed by atoms with Gasteiger partial charge >= 0.3 is 0 Å². The van der Waals surface area contributed by atoms with Crippen LogP contribution in [0.4, 0.5) is 0 Å². The second kappa shape index (κ2) is 6.63. The molecule has 0 aromatic carbocycles. The van der Waals surface area contributed by atoms with Gasteiger partial charge in [0.15, 0.2) is 0 Å². The summed E-state index contributed by atoms with van der Waals surface area (Å²) < 4.78 is 1.89. The van der Waals surface area contributed by atoms with Crippen LogP contribution in [-0.2, 0) is 13.0 Å². The normalized spacial score (nSPS) is 15.0. The van der Waals surface area contributed by atoms with Crippen LogP contribution in [0.3, 0.4) is 0 Å². The Morgan fingerprint density at radius 3 is 2.81 bits per heavy atom. The van der Waals surface area contributed by atoms with Crippen molar-refractivity contribution >= 4 is 0 Å². The minimum absolute atomic E-state index is 0.297. The largest absolute Gasteiger partial charge is 0.393 e. The lowest BCUT2D eigenvalue weighted by Gasteiger charge is -2.14. The molecule has 4 heteroatoms. The summed E-state index contributed by atoms with van der Waals surface area (Å²) in [5.41, 5.74) is 0. The summed E-state index contributed by atoms with van der Waals surface area (Å²) in [6.45, 7) is 7.31. The Morgan fingerprint density at radius 2 is 2.19 bits per heavy atom. The Morgan fingerprint density at radius 1 is 1.44 bits per heavy atom. The Bertz CT molecular complexity index is 298. The molecule has 1 heterocycles. The summed E-state index contributed by atoms with van der Waals surface area (Å²) in [6, 6.07) is 0. The number of hydrogen-bond acceptors (Lipinski definition) is 3. The second-order valence-electron chi connectivity index (χ2n) is 4.51. The molecule has 16 heavy (non-hydrogen) atoms. The standard InChI is InChI=1S/C12H23N3O/c1-4-6-15-12(13-9-14-15)8-11(16)7-10(3)5-2/h9-11,16H,4-8H2,1-3H3. The molecule has 0 amide bonds. The topological polar surface area (TPSA) is 50.9 Å². The van der Waals surface area contributed by atoms with Crippen molar-refractivity contribution in [3.05, 3.63) is 12.2 Å². The zero-order valence-corrected chi connectivity index (χ0v) is 10.6. The van der Waals surface area contributed by atoms with Gasteiger partial charge in [-0.3, -0.25) is 4.68 Å². The first-order valence-corrected chi connectivity index (χ1v) is 6.22. The minimum Gasteiger partial charge on any atom is -0.393 e. The Labute approximate surface area is 97.7 Å². The van der Waals surface area contributed by atoms with E-state index in [4.69, 9.17) is 0 Å². The average Bonchev–Trinajstić information content (AvgIpc) is 2.66. The van der Waals surface area contributed by atoms with Gasteiger partial charge in [0, 0.05) is 13.0 Å². The highest BCUT2D eigenvalue weighted by Crippen LogP contribution is 2.12. The van der Waals surface area contributed by atoms with E-state index in [1.165, 1.54) is 0 Å². The van der Waals surface area contributed by atoms with E-state index in [2.05, 4.69) is 30.9 Å². The molecule has 0 saturated carbocycles. The van der Waals surface area contributed by atoms with E-state index in [1.807, 2.05) is 4.68 Å². The number of rotatable bonds is 7. The number of aliphatic hydroxyl groups is 1. The van der Waals surface area contributed by atoms with Gasteiger partial charge in [0.2, 0.25) is 0 Å². The lowest BCUT2D eigenvalue weighted by atomic mass is 9.99. The molecule has 4 nitrogen and oxygen atoms in total. The van der Waals surface area contributed by atoms with Crippen molar-refractivity contribution in [3.63, 3.8) is 0 Å². The Hall–Kier alpha value is -0.900. The molecule has 1 aromatic heterocycles. The van der Waals surface area contributed by atoms with E-state index in [-0.39, 0.29) is 6.10 Å². The zero-order chi connectivity index (χ0) is 12.0. The van der Waals surface area contributed by atoms with Gasteiger partial charge in [-0.25, -0.2) is 4.98 Å². The van der Waals surface area contributed by atoms with E-state index < -0.39 is 0 Å². The predicted octanol–water partition coefficient (Wildman–Crippen LogP) is 2.03. The van der Waals surface area contributed by atoms with Crippen molar-refractivity contribution in [2.24, 2.45) is 5.92 Å². The van der Waals surface area contributed by atoms with Gasteiger partial charge in [-0.2, -0.15) is 5.10 Å². The molecule has 0 spiro atoms. The summed E-state index contributed by atoms with van der Waals surface area (Å²) in [7, 11) is 0. The van der Waals surface area contributed by atoms with E-state index in [0.717, 1.165) is 31.6 Å². The van der Waals surface area contributed by atoms with Gasteiger partial charge in [-0.15, -0.1) is 0 Å². The van der Waals surface area contributed by atoms with Gasteiger partial charge in [0.1, 0.15) is 12.2 Å². The smallest absolute Gasteiger partial charge is 0.138 e. The van der Waals surface area contributed by atoms with Crippen LogP contribution < -0.4 is 0 Å². The number of nitrogens with zero attached hydrogens (tertiary/aromatic N) is 3. The van der Waals surface area contributed by atoms with E-state index >= 15 is 0 Å². The second-order valence-corrected chi connectivity index (χ2v) is 4.51. The van der Waals surface area contributed by atoms with Gasteiger partial charge in [0.25, 0.3) is 0 Å². The predicted molar refractivity (Wildman–Crippen MR) is 64.1 cm³/mol. The van der Waals surface area contributed by atoms with Crippen molar-refractivity contribution < 1.29 is 5.11 Å².